The fraction of sp³-hybridized carbons (Fsp3) is 0.571. The Balaban J connectivity index is 0.00000225. The van der Waals surface area contributed by atoms with Crippen LogP contribution in [0.25, 0.3) is 0 Å². The molecule has 2 atom stereocenters. The number of hydrogen-bond acceptors (Lipinski definition) is 5. The van der Waals surface area contributed by atoms with Gasteiger partial charge in [0.1, 0.15) is 18.5 Å². The minimum Gasteiger partial charge on any atom is -0.491 e. The van der Waals surface area contributed by atoms with Gasteiger partial charge in [-0.3, -0.25) is 9.58 Å². The molecule has 2 aliphatic rings. The summed E-state index contributed by atoms with van der Waals surface area (Å²) in [7, 11) is 0. The fourth-order valence-corrected chi connectivity index (χ4v) is 4.01. The zero-order valence-corrected chi connectivity index (χ0v) is 17.2. The van der Waals surface area contributed by atoms with E-state index in [1.54, 1.807) is 0 Å². The van der Waals surface area contributed by atoms with Crippen molar-refractivity contribution in [1.82, 2.24) is 14.7 Å². The molecule has 1 fully saturated rings. The molecule has 0 spiro atoms. The highest BCUT2D eigenvalue weighted by Gasteiger charge is 2.23. The van der Waals surface area contributed by atoms with Gasteiger partial charge in [0, 0.05) is 25.8 Å². The standard InChI is InChI=1S/C21H29N3O3.ClH/c1-16-10-22-24(11-16)14-21-13-23(7-8-26-21)12-19(25)15-27-20-6-5-17-3-2-4-18(17)9-20;/h5-6,9-11,19,21,25H,2-4,7-8,12-15H2,1H3;1H. The van der Waals surface area contributed by atoms with E-state index in [-0.39, 0.29) is 18.5 Å². The molecule has 0 radical (unpaired) electrons. The molecule has 7 heteroatoms. The Hall–Kier alpha value is -1.60. The number of ether oxygens (including phenoxy) is 2. The van der Waals surface area contributed by atoms with E-state index in [2.05, 4.69) is 22.1 Å². The third-order valence-corrected chi connectivity index (χ3v) is 5.36. The smallest absolute Gasteiger partial charge is 0.119 e. The summed E-state index contributed by atoms with van der Waals surface area (Å²) in [5.74, 6) is 0.864. The number of halogens is 1. The van der Waals surface area contributed by atoms with Crippen molar-refractivity contribution in [3.05, 3.63) is 47.3 Å². The molecule has 0 amide bonds. The van der Waals surface area contributed by atoms with E-state index in [0.29, 0.717) is 19.8 Å². The number of β-amino-alcohol motifs (C(OH)–C–C–N with tert-alkyl or cyclic N) is 1. The van der Waals surface area contributed by atoms with Gasteiger partial charge >= 0.3 is 0 Å². The SMILES string of the molecule is Cc1cnn(CC2CN(CC(O)COc3ccc4c(c3)CCC4)CCO2)c1.Cl. The van der Waals surface area contributed by atoms with Crippen LogP contribution in [0.2, 0.25) is 0 Å². The van der Waals surface area contributed by atoms with Crippen molar-refractivity contribution >= 4 is 12.4 Å². The monoisotopic (exact) mass is 407 g/mol. The number of aryl methyl sites for hydroxylation is 3. The normalized spacial score (nSPS) is 20.4. The number of aromatic nitrogens is 2. The fourth-order valence-electron chi connectivity index (χ4n) is 4.01. The molecule has 1 saturated heterocycles. The second kappa shape index (κ2) is 9.74. The van der Waals surface area contributed by atoms with Gasteiger partial charge in [-0.15, -0.1) is 12.4 Å². The summed E-state index contributed by atoms with van der Waals surface area (Å²) in [6.45, 7) is 6.02. The summed E-state index contributed by atoms with van der Waals surface area (Å²) in [6, 6.07) is 6.31. The van der Waals surface area contributed by atoms with Crippen molar-refractivity contribution in [2.24, 2.45) is 0 Å². The summed E-state index contributed by atoms with van der Waals surface area (Å²) in [6.07, 6.45) is 7.03. The first-order valence-corrected chi connectivity index (χ1v) is 9.91. The van der Waals surface area contributed by atoms with Crippen molar-refractivity contribution in [2.45, 2.75) is 44.9 Å². The van der Waals surface area contributed by atoms with E-state index in [9.17, 15) is 5.11 Å². The molecule has 6 nitrogen and oxygen atoms in total. The van der Waals surface area contributed by atoms with Gasteiger partial charge in [0.15, 0.2) is 0 Å². The van der Waals surface area contributed by atoms with E-state index in [4.69, 9.17) is 9.47 Å². The molecule has 28 heavy (non-hydrogen) atoms. The summed E-state index contributed by atoms with van der Waals surface area (Å²) in [5.41, 5.74) is 3.99. The van der Waals surface area contributed by atoms with Crippen molar-refractivity contribution in [3.8, 4) is 5.75 Å². The Morgan fingerprint density at radius 3 is 3.00 bits per heavy atom. The maximum Gasteiger partial charge on any atom is 0.119 e. The van der Waals surface area contributed by atoms with Crippen LogP contribution in [0.1, 0.15) is 23.1 Å². The van der Waals surface area contributed by atoms with E-state index in [0.717, 1.165) is 37.4 Å². The molecule has 0 saturated carbocycles. The quantitative estimate of drug-likeness (QED) is 0.762. The number of aliphatic hydroxyl groups excluding tert-OH is 1. The average Bonchev–Trinajstić information content (AvgIpc) is 3.28. The molecule has 1 aliphatic heterocycles. The van der Waals surface area contributed by atoms with Crippen LogP contribution in [-0.4, -0.2) is 64.8 Å². The summed E-state index contributed by atoms with van der Waals surface area (Å²) < 4.78 is 13.6. The van der Waals surface area contributed by atoms with Crippen LogP contribution < -0.4 is 4.74 Å². The zero-order chi connectivity index (χ0) is 18.6. The Kier molecular flexibility index (Phi) is 7.35. The Bertz CT molecular complexity index is 767. The maximum absolute atomic E-state index is 10.4. The lowest BCUT2D eigenvalue weighted by Crippen LogP contribution is -2.47. The van der Waals surface area contributed by atoms with Crippen LogP contribution in [-0.2, 0) is 24.1 Å². The van der Waals surface area contributed by atoms with Crippen LogP contribution in [0.5, 0.6) is 5.75 Å². The molecular weight excluding hydrogens is 378 g/mol. The minimum atomic E-state index is -0.510. The number of morpholine rings is 1. The third-order valence-electron chi connectivity index (χ3n) is 5.36. The Morgan fingerprint density at radius 1 is 1.32 bits per heavy atom. The maximum atomic E-state index is 10.4. The van der Waals surface area contributed by atoms with Crippen LogP contribution in [0.4, 0.5) is 0 Å². The van der Waals surface area contributed by atoms with Crippen LogP contribution in [0.15, 0.2) is 30.6 Å². The molecule has 154 valence electrons. The minimum absolute atomic E-state index is 0. The molecule has 4 rings (SSSR count). The van der Waals surface area contributed by atoms with Gasteiger partial charge in [-0.1, -0.05) is 6.07 Å². The predicted molar refractivity (Wildman–Crippen MR) is 110 cm³/mol. The van der Waals surface area contributed by atoms with E-state index in [1.165, 1.54) is 24.0 Å². The lowest BCUT2D eigenvalue weighted by Gasteiger charge is -2.34. The Labute approximate surface area is 172 Å². The highest BCUT2D eigenvalue weighted by molar-refractivity contribution is 5.85. The van der Waals surface area contributed by atoms with Gasteiger partial charge in [-0.25, -0.2) is 0 Å². The molecule has 0 bridgehead atoms. The van der Waals surface area contributed by atoms with Crippen LogP contribution >= 0.6 is 12.4 Å². The van der Waals surface area contributed by atoms with Gasteiger partial charge in [0.05, 0.1) is 25.5 Å². The molecule has 1 aliphatic carbocycles. The highest BCUT2D eigenvalue weighted by Crippen LogP contribution is 2.26. The third kappa shape index (κ3) is 5.47. The lowest BCUT2D eigenvalue weighted by atomic mass is 10.1. The number of hydrogen-bond donors (Lipinski definition) is 1. The molecule has 2 aromatic rings. The summed E-state index contributed by atoms with van der Waals surface area (Å²) in [4.78, 5) is 2.25. The summed E-state index contributed by atoms with van der Waals surface area (Å²) >= 11 is 0. The number of nitrogens with zero attached hydrogens (tertiary/aromatic N) is 3. The largest absolute Gasteiger partial charge is 0.491 e. The lowest BCUT2D eigenvalue weighted by molar-refractivity contribution is -0.0517. The number of fused-ring (bicyclic) bond motifs is 1. The first-order chi connectivity index (χ1) is 13.2. The molecule has 1 N–H and O–H groups in total. The van der Waals surface area contributed by atoms with Crippen molar-refractivity contribution in [3.63, 3.8) is 0 Å². The average molecular weight is 408 g/mol. The predicted octanol–water partition coefficient (Wildman–Crippen LogP) is 2.24. The van der Waals surface area contributed by atoms with Crippen molar-refractivity contribution in [2.75, 3.05) is 32.8 Å². The van der Waals surface area contributed by atoms with Gasteiger partial charge in [0.2, 0.25) is 0 Å². The van der Waals surface area contributed by atoms with Crippen LogP contribution in [0.3, 0.4) is 0 Å². The van der Waals surface area contributed by atoms with Crippen LogP contribution in [0, 0.1) is 6.92 Å². The molecule has 1 aromatic heterocycles. The van der Waals surface area contributed by atoms with Gasteiger partial charge in [0.25, 0.3) is 0 Å². The molecule has 1 aromatic carbocycles. The zero-order valence-electron chi connectivity index (χ0n) is 16.4. The topological polar surface area (TPSA) is 59.8 Å². The van der Waals surface area contributed by atoms with Gasteiger partial charge in [-0.05, 0) is 55.0 Å². The first kappa shape index (κ1) is 21.1. The summed E-state index contributed by atoms with van der Waals surface area (Å²) in [5, 5.41) is 14.7. The number of aliphatic hydroxyl groups is 1. The Morgan fingerprint density at radius 2 is 2.18 bits per heavy atom. The second-order valence-electron chi connectivity index (χ2n) is 7.74. The second-order valence-corrected chi connectivity index (χ2v) is 7.74. The number of rotatable bonds is 7. The first-order valence-electron chi connectivity index (χ1n) is 9.91. The van der Waals surface area contributed by atoms with Gasteiger partial charge < -0.3 is 14.6 Å². The van der Waals surface area contributed by atoms with E-state index in [1.807, 2.05) is 30.1 Å². The van der Waals surface area contributed by atoms with Crippen molar-refractivity contribution in [1.29, 1.82) is 0 Å². The highest BCUT2D eigenvalue weighted by atomic mass is 35.5. The molecule has 2 unspecified atom stereocenters. The number of benzene rings is 1. The molecule has 2 heterocycles. The van der Waals surface area contributed by atoms with Gasteiger partial charge in [-0.2, -0.15) is 5.10 Å². The van der Waals surface area contributed by atoms with E-state index < -0.39 is 6.10 Å². The van der Waals surface area contributed by atoms with E-state index >= 15 is 0 Å². The molecular formula is C21H30ClN3O3. The van der Waals surface area contributed by atoms with Crippen molar-refractivity contribution < 1.29 is 14.6 Å².